The van der Waals surface area contributed by atoms with Gasteiger partial charge in [-0.15, -0.1) is 0 Å². The van der Waals surface area contributed by atoms with Crippen molar-refractivity contribution in [2.24, 2.45) is 0 Å². The molecule has 20 heavy (non-hydrogen) atoms. The van der Waals surface area contributed by atoms with Gasteiger partial charge in [-0.25, -0.2) is 4.79 Å². The Morgan fingerprint density at radius 2 is 1.90 bits per heavy atom. The third kappa shape index (κ3) is 4.08. The van der Waals surface area contributed by atoms with Crippen molar-refractivity contribution in [3.63, 3.8) is 0 Å². The first-order valence-electron chi connectivity index (χ1n) is 5.46. The van der Waals surface area contributed by atoms with Gasteiger partial charge in [-0.1, -0.05) is 0 Å². The number of carbonyl (C=O) groups is 1. The Hall–Kier alpha value is -2.38. The van der Waals surface area contributed by atoms with Crippen LogP contribution in [-0.4, -0.2) is 23.7 Å². The minimum Gasteiger partial charge on any atom is -0.462 e. The molecule has 0 aliphatic rings. The van der Waals surface area contributed by atoms with Gasteiger partial charge in [0, 0.05) is 12.1 Å². The first-order chi connectivity index (χ1) is 9.25. The number of carbonyl (C=O) groups excluding carboxylic acids is 1. The monoisotopic (exact) mass is 289 g/mol. The molecule has 108 valence electrons. The fraction of sp³-hybridized carbons (Fsp3) is 0.250. The van der Waals surface area contributed by atoms with Crippen LogP contribution in [0, 0.1) is 10.1 Å². The Morgan fingerprint density at radius 3 is 2.30 bits per heavy atom. The van der Waals surface area contributed by atoms with Crippen molar-refractivity contribution < 1.29 is 27.6 Å². The van der Waals surface area contributed by atoms with Crippen LogP contribution < -0.4 is 0 Å². The maximum atomic E-state index is 12.7. The van der Waals surface area contributed by atoms with Gasteiger partial charge in [0.05, 0.1) is 11.5 Å². The third-order valence-corrected chi connectivity index (χ3v) is 2.22. The fourth-order valence-electron chi connectivity index (χ4n) is 1.32. The molecule has 1 aromatic rings. The molecule has 0 unspecified atom stereocenters. The van der Waals surface area contributed by atoms with E-state index in [-0.39, 0.29) is 17.9 Å². The lowest BCUT2D eigenvalue weighted by atomic mass is 10.1. The molecular weight excluding hydrogens is 279 g/mol. The van der Waals surface area contributed by atoms with E-state index in [0.717, 1.165) is 24.3 Å². The third-order valence-electron chi connectivity index (χ3n) is 2.22. The van der Waals surface area contributed by atoms with E-state index in [1.165, 1.54) is 6.92 Å². The molecule has 0 atom stereocenters. The first-order valence-corrected chi connectivity index (χ1v) is 5.46. The van der Waals surface area contributed by atoms with Gasteiger partial charge in [0.25, 0.3) is 5.69 Å². The lowest BCUT2D eigenvalue weighted by molar-refractivity contribution is -0.384. The molecule has 0 N–H and O–H groups in total. The van der Waals surface area contributed by atoms with Crippen LogP contribution in [0.15, 0.2) is 29.8 Å². The number of hydrogen-bond donors (Lipinski definition) is 0. The van der Waals surface area contributed by atoms with Crippen LogP contribution in [0.2, 0.25) is 0 Å². The molecule has 0 aliphatic carbocycles. The second-order valence-electron chi connectivity index (χ2n) is 3.62. The van der Waals surface area contributed by atoms with E-state index in [1.807, 2.05) is 0 Å². The number of benzene rings is 1. The first kappa shape index (κ1) is 15.7. The minimum atomic E-state index is -4.87. The summed E-state index contributed by atoms with van der Waals surface area (Å²) in [4.78, 5) is 21.0. The molecule has 0 heterocycles. The predicted molar refractivity (Wildman–Crippen MR) is 63.8 cm³/mol. The summed E-state index contributed by atoms with van der Waals surface area (Å²) in [6.07, 6.45) is -4.28. The second kappa shape index (κ2) is 6.18. The Bertz CT molecular complexity index is 535. The van der Waals surface area contributed by atoms with Gasteiger partial charge in [-0.2, -0.15) is 13.2 Å². The Kier molecular flexibility index (Phi) is 4.84. The summed E-state index contributed by atoms with van der Waals surface area (Å²) in [6.45, 7) is 1.20. The normalized spacial score (nSPS) is 12.1. The van der Waals surface area contributed by atoms with Crippen molar-refractivity contribution in [2.45, 2.75) is 13.1 Å². The highest BCUT2D eigenvalue weighted by molar-refractivity contribution is 5.95. The van der Waals surface area contributed by atoms with Crippen molar-refractivity contribution in [1.29, 1.82) is 0 Å². The number of alkyl halides is 3. The maximum absolute atomic E-state index is 12.7. The van der Waals surface area contributed by atoms with E-state index >= 15 is 0 Å². The highest BCUT2D eigenvalue weighted by Crippen LogP contribution is 2.29. The quantitative estimate of drug-likeness (QED) is 0.369. The van der Waals surface area contributed by atoms with Crippen molar-refractivity contribution in [3.05, 3.63) is 45.5 Å². The summed E-state index contributed by atoms with van der Waals surface area (Å²) >= 11 is 0. The molecule has 0 amide bonds. The van der Waals surface area contributed by atoms with Gasteiger partial charge in [-0.05, 0) is 30.7 Å². The van der Waals surface area contributed by atoms with Crippen LogP contribution in [0.1, 0.15) is 12.5 Å². The number of nitro groups is 1. The number of ether oxygens (including phenoxy) is 1. The molecule has 0 saturated carbocycles. The Balaban J connectivity index is 3.13. The highest BCUT2D eigenvalue weighted by Gasteiger charge is 2.39. The molecule has 8 heteroatoms. The van der Waals surface area contributed by atoms with Crippen LogP contribution >= 0.6 is 0 Å². The Morgan fingerprint density at radius 1 is 1.35 bits per heavy atom. The highest BCUT2D eigenvalue weighted by atomic mass is 19.4. The molecule has 1 rings (SSSR count). The Labute approximate surface area is 111 Å². The van der Waals surface area contributed by atoms with Gasteiger partial charge in [-0.3, -0.25) is 10.1 Å². The van der Waals surface area contributed by atoms with Crippen LogP contribution in [0.25, 0.3) is 6.08 Å². The van der Waals surface area contributed by atoms with E-state index in [2.05, 4.69) is 4.74 Å². The number of rotatable bonds is 4. The zero-order chi connectivity index (χ0) is 15.3. The standard InChI is InChI=1S/C12H10F3NO4/c1-2-20-11(17)10(12(13,14)15)7-8-3-5-9(6-4-8)16(18)19/h3-7H,2H2,1H3. The summed E-state index contributed by atoms with van der Waals surface area (Å²) in [7, 11) is 0. The molecule has 0 aliphatic heterocycles. The lowest BCUT2D eigenvalue weighted by Crippen LogP contribution is -2.22. The molecule has 0 aromatic heterocycles. The van der Waals surface area contributed by atoms with E-state index in [9.17, 15) is 28.1 Å². The van der Waals surface area contributed by atoms with Gasteiger partial charge in [0.1, 0.15) is 5.57 Å². The summed E-state index contributed by atoms with van der Waals surface area (Å²) in [5.41, 5.74) is -1.71. The number of nitro benzene ring substituents is 1. The van der Waals surface area contributed by atoms with Gasteiger partial charge < -0.3 is 4.74 Å². The van der Waals surface area contributed by atoms with Crippen LogP contribution in [0.4, 0.5) is 18.9 Å². The average Bonchev–Trinajstić information content (AvgIpc) is 2.35. The summed E-state index contributed by atoms with van der Waals surface area (Å²) < 4.78 is 42.5. The van der Waals surface area contributed by atoms with E-state index in [4.69, 9.17) is 0 Å². The van der Waals surface area contributed by atoms with Crippen molar-refractivity contribution >= 4 is 17.7 Å². The van der Waals surface area contributed by atoms with Crippen molar-refractivity contribution in [1.82, 2.24) is 0 Å². The molecule has 0 saturated heterocycles. The SMILES string of the molecule is CCOC(=O)C(=Cc1ccc([N+](=O)[O-])cc1)C(F)(F)F. The number of halogens is 3. The number of nitrogens with zero attached hydrogens (tertiary/aromatic N) is 1. The molecule has 0 bridgehead atoms. The van der Waals surface area contributed by atoms with Gasteiger partial charge in [0.15, 0.2) is 0 Å². The predicted octanol–water partition coefficient (Wildman–Crippen LogP) is 3.10. The fourth-order valence-corrected chi connectivity index (χ4v) is 1.32. The topological polar surface area (TPSA) is 69.4 Å². The van der Waals surface area contributed by atoms with Crippen molar-refractivity contribution in [3.8, 4) is 0 Å². The van der Waals surface area contributed by atoms with E-state index in [1.54, 1.807) is 0 Å². The van der Waals surface area contributed by atoms with Gasteiger partial charge in [0.2, 0.25) is 0 Å². The molecule has 0 radical (unpaired) electrons. The number of hydrogen-bond acceptors (Lipinski definition) is 4. The summed E-state index contributed by atoms with van der Waals surface area (Å²) in [6, 6.07) is 4.32. The minimum absolute atomic E-state index is 0.0102. The van der Waals surface area contributed by atoms with Crippen LogP contribution in [-0.2, 0) is 9.53 Å². The largest absolute Gasteiger partial charge is 0.462 e. The second-order valence-corrected chi connectivity index (χ2v) is 3.62. The van der Waals surface area contributed by atoms with E-state index in [0.29, 0.717) is 6.08 Å². The van der Waals surface area contributed by atoms with Crippen LogP contribution in [0.5, 0.6) is 0 Å². The summed E-state index contributed by atoms with van der Waals surface area (Å²) in [5.74, 6) is -1.49. The molecular formula is C12H10F3NO4. The maximum Gasteiger partial charge on any atom is 0.423 e. The zero-order valence-electron chi connectivity index (χ0n) is 10.3. The number of non-ortho nitro benzene ring substituents is 1. The number of esters is 1. The average molecular weight is 289 g/mol. The van der Waals surface area contributed by atoms with E-state index < -0.39 is 22.6 Å². The molecule has 5 nitrogen and oxygen atoms in total. The molecule has 0 spiro atoms. The molecule has 1 aromatic carbocycles. The molecule has 0 fully saturated rings. The lowest BCUT2D eigenvalue weighted by Gasteiger charge is -2.10. The summed E-state index contributed by atoms with van der Waals surface area (Å²) in [5, 5.41) is 10.4. The van der Waals surface area contributed by atoms with Crippen LogP contribution in [0.3, 0.4) is 0 Å². The smallest absolute Gasteiger partial charge is 0.423 e. The van der Waals surface area contributed by atoms with Crippen molar-refractivity contribution in [2.75, 3.05) is 6.61 Å². The van der Waals surface area contributed by atoms with Gasteiger partial charge >= 0.3 is 12.1 Å². The zero-order valence-corrected chi connectivity index (χ0v) is 10.3.